The zero-order valence-corrected chi connectivity index (χ0v) is 14.9. The lowest BCUT2D eigenvalue weighted by atomic mass is 10.1. The number of hydrogen-bond donors (Lipinski definition) is 1. The molecule has 3 heterocycles. The molecule has 1 aromatic carbocycles. The highest BCUT2D eigenvalue weighted by Crippen LogP contribution is 2.30. The zero-order chi connectivity index (χ0) is 16.7. The van der Waals surface area contributed by atoms with Crippen LogP contribution in [-0.4, -0.2) is 32.4 Å². The molecule has 0 fully saturated rings. The number of rotatable bonds is 3. The molecule has 122 valence electrons. The summed E-state index contributed by atoms with van der Waals surface area (Å²) in [5, 5.41) is 16.8. The molecule has 0 saturated carbocycles. The van der Waals surface area contributed by atoms with Gasteiger partial charge in [0.1, 0.15) is 0 Å². The maximum atomic E-state index is 11.7. The van der Waals surface area contributed by atoms with Gasteiger partial charge >= 0.3 is 5.97 Å². The lowest BCUT2D eigenvalue weighted by molar-refractivity contribution is 0.0688. The van der Waals surface area contributed by atoms with E-state index in [0.29, 0.717) is 6.54 Å². The van der Waals surface area contributed by atoms with Crippen LogP contribution in [0.1, 0.15) is 21.7 Å². The lowest BCUT2D eigenvalue weighted by Crippen LogP contribution is -2.31. The highest BCUT2D eigenvalue weighted by Gasteiger charge is 2.29. The van der Waals surface area contributed by atoms with Crippen LogP contribution in [0.2, 0.25) is 0 Å². The quantitative estimate of drug-likeness (QED) is 0.724. The molecule has 0 aliphatic carbocycles. The average Bonchev–Trinajstić information content (AvgIpc) is 3.22. The monoisotopic (exact) mass is 404 g/mol. The summed E-state index contributed by atoms with van der Waals surface area (Å²) in [7, 11) is 0. The van der Waals surface area contributed by atoms with Crippen LogP contribution in [0.4, 0.5) is 5.13 Å². The number of halogens is 1. The third kappa shape index (κ3) is 2.61. The molecule has 2 aromatic heterocycles. The predicted octanol–water partition coefficient (Wildman–Crippen LogP) is 3.35. The van der Waals surface area contributed by atoms with E-state index in [1.165, 1.54) is 0 Å². The second-order valence-corrected chi connectivity index (χ2v) is 7.25. The first-order valence-electron chi connectivity index (χ1n) is 7.38. The van der Waals surface area contributed by atoms with Gasteiger partial charge in [-0.1, -0.05) is 22.0 Å². The fourth-order valence-electron chi connectivity index (χ4n) is 2.95. The van der Waals surface area contributed by atoms with Crippen molar-refractivity contribution in [2.45, 2.75) is 13.0 Å². The summed E-state index contributed by atoms with van der Waals surface area (Å²) in [6.07, 6.45) is 2.49. The highest BCUT2D eigenvalue weighted by atomic mass is 79.9. The van der Waals surface area contributed by atoms with Gasteiger partial charge in [0.05, 0.1) is 11.4 Å². The van der Waals surface area contributed by atoms with Gasteiger partial charge in [0.15, 0.2) is 10.8 Å². The van der Waals surface area contributed by atoms with Gasteiger partial charge < -0.3 is 10.0 Å². The Bertz CT molecular complexity index is 907. The van der Waals surface area contributed by atoms with Crippen LogP contribution in [0.5, 0.6) is 0 Å². The number of thiazole rings is 1. The van der Waals surface area contributed by atoms with Crippen molar-refractivity contribution in [3.8, 4) is 5.69 Å². The smallest absolute Gasteiger partial charge is 0.356 e. The molecule has 1 aliphatic rings. The van der Waals surface area contributed by atoms with E-state index in [4.69, 9.17) is 0 Å². The van der Waals surface area contributed by atoms with Crippen LogP contribution in [0.3, 0.4) is 0 Å². The zero-order valence-electron chi connectivity index (χ0n) is 12.5. The van der Waals surface area contributed by atoms with Gasteiger partial charge in [-0.3, -0.25) is 0 Å². The van der Waals surface area contributed by atoms with E-state index >= 15 is 0 Å². The van der Waals surface area contributed by atoms with Crippen molar-refractivity contribution >= 4 is 38.4 Å². The van der Waals surface area contributed by atoms with Crippen LogP contribution in [0.15, 0.2) is 40.3 Å². The fraction of sp³-hybridized carbons (Fsp3) is 0.188. The number of aromatic carboxylic acids is 1. The van der Waals surface area contributed by atoms with Crippen LogP contribution in [0.25, 0.3) is 5.69 Å². The number of hydrogen-bond acceptors (Lipinski definition) is 5. The number of carboxylic acid groups (broad SMARTS) is 1. The molecule has 0 radical (unpaired) electrons. The van der Waals surface area contributed by atoms with Crippen LogP contribution in [-0.2, 0) is 13.0 Å². The first-order chi connectivity index (χ1) is 11.6. The number of nitrogens with zero attached hydrogens (tertiary/aromatic N) is 4. The summed E-state index contributed by atoms with van der Waals surface area (Å²) < 4.78 is 2.68. The van der Waals surface area contributed by atoms with Crippen LogP contribution >= 0.6 is 27.3 Å². The summed E-state index contributed by atoms with van der Waals surface area (Å²) in [6, 6.07) is 7.71. The Hall–Kier alpha value is -2.19. The molecule has 0 atom stereocenters. The van der Waals surface area contributed by atoms with Crippen molar-refractivity contribution in [2.24, 2.45) is 0 Å². The van der Waals surface area contributed by atoms with E-state index in [9.17, 15) is 9.90 Å². The van der Waals surface area contributed by atoms with E-state index in [0.717, 1.165) is 39.5 Å². The van der Waals surface area contributed by atoms with E-state index in [-0.39, 0.29) is 5.69 Å². The second-order valence-electron chi connectivity index (χ2n) is 5.46. The summed E-state index contributed by atoms with van der Waals surface area (Å²) in [6.45, 7) is 1.30. The molecular formula is C16H13BrN4O2S. The van der Waals surface area contributed by atoms with Crippen molar-refractivity contribution < 1.29 is 9.90 Å². The molecule has 4 rings (SSSR count). The molecule has 3 aromatic rings. The number of anilines is 1. The minimum absolute atomic E-state index is 0.117. The number of carbonyl (C=O) groups is 1. The molecule has 0 saturated heterocycles. The summed E-state index contributed by atoms with van der Waals surface area (Å²) in [5.41, 5.74) is 2.70. The first-order valence-corrected chi connectivity index (χ1v) is 9.05. The van der Waals surface area contributed by atoms with Gasteiger partial charge in [-0.15, -0.1) is 11.3 Å². The van der Waals surface area contributed by atoms with Crippen molar-refractivity contribution in [2.75, 3.05) is 11.4 Å². The number of aromatic nitrogens is 3. The minimum Gasteiger partial charge on any atom is -0.476 e. The van der Waals surface area contributed by atoms with Gasteiger partial charge in [-0.25, -0.2) is 14.5 Å². The Morgan fingerprint density at radius 1 is 1.38 bits per heavy atom. The third-order valence-corrected chi connectivity index (χ3v) is 5.33. The molecule has 8 heteroatoms. The van der Waals surface area contributed by atoms with Crippen molar-refractivity contribution in [3.05, 3.63) is 57.3 Å². The Labute approximate surface area is 150 Å². The van der Waals surface area contributed by atoms with Gasteiger partial charge in [0, 0.05) is 41.1 Å². The number of fused-ring (bicyclic) bond motifs is 1. The fourth-order valence-corrected chi connectivity index (χ4v) is 4.00. The van der Waals surface area contributed by atoms with E-state index in [1.54, 1.807) is 22.2 Å². The molecule has 1 N–H and O–H groups in total. The largest absolute Gasteiger partial charge is 0.476 e. The average molecular weight is 405 g/mol. The minimum atomic E-state index is -0.999. The molecular weight excluding hydrogens is 392 g/mol. The molecule has 0 bridgehead atoms. The van der Waals surface area contributed by atoms with E-state index in [2.05, 4.69) is 30.9 Å². The highest BCUT2D eigenvalue weighted by molar-refractivity contribution is 9.10. The van der Waals surface area contributed by atoms with Crippen molar-refractivity contribution in [3.63, 3.8) is 0 Å². The lowest BCUT2D eigenvalue weighted by Gasteiger charge is -2.27. The summed E-state index contributed by atoms with van der Waals surface area (Å²) in [5.74, 6) is -0.999. The molecule has 0 unspecified atom stereocenters. The van der Waals surface area contributed by atoms with E-state index in [1.807, 2.05) is 29.6 Å². The molecule has 1 aliphatic heterocycles. The number of benzene rings is 1. The summed E-state index contributed by atoms with van der Waals surface area (Å²) >= 11 is 5.01. The molecule has 6 nitrogen and oxygen atoms in total. The van der Waals surface area contributed by atoms with E-state index < -0.39 is 5.97 Å². The maximum Gasteiger partial charge on any atom is 0.356 e. The third-order valence-electron chi connectivity index (χ3n) is 4.00. The topological polar surface area (TPSA) is 71.2 Å². The van der Waals surface area contributed by atoms with Gasteiger partial charge in [-0.05, 0) is 18.2 Å². The first kappa shape index (κ1) is 15.3. The van der Waals surface area contributed by atoms with Crippen molar-refractivity contribution in [1.29, 1.82) is 0 Å². The maximum absolute atomic E-state index is 11.7. The molecule has 0 spiro atoms. The standard InChI is InChI=1S/C16H13BrN4O2S/c17-10-2-1-3-11(8-10)21-13-4-6-20(16-18-5-7-24-16)9-12(13)14(19-21)15(22)23/h1-3,5,7-8H,4,6,9H2,(H,22,23). The van der Waals surface area contributed by atoms with Gasteiger partial charge in [-0.2, -0.15) is 5.10 Å². The SMILES string of the molecule is O=C(O)c1nn(-c2cccc(Br)c2)c2c1CN(c1nccs1)CC2. The Balaban J connectivity index is 1.80. The number of carboxylic acids is 1. The van der Waals surface area contributed by atoms with Crippen LogP contribution in [0, 0.1) is 0 Å². The Morgan fingerprint density at radius 2 is 2.25 bits per heavy atom. The predicted molar refractivity (Wildman–Crippen MR) is 95.1 cm³/mol. The normalized spacial score (nSPS) is 13.8. The van der Waals surface area contributed by atoms with Crippen LogP contribution < -0.4 is 4.90 Å². The second kappa shape index (κ2) is 6.03. The Morgan fingerprint density at radius 3 is 2.96 bits per heavy atom. The Kier molecular flexibility index (Phi) is 3.85. The molecule has 24 heavy (non-hydrogen) atoms. The van der Waals surface area contributed by atoms with Crippen molar-refractivity contribution in [1.82, 2.24) is 14.8 Å². The molecule has 0 amide bonds. The summed E-state index contributed by atoms with van der Waals surface area (Å²) in [4.78, 5) is 18.1. The van der Waals surface area contributed by atoms with Gasteiger partial charge in [0.2, 0.25) is 0 Å². The van der Waals surface area contributed by atoms with Gasteiger partial charge in [0.25, 0.3) is 0 Å².